The molecule has 3 heterocycles. The summed E-state index contributed by atoms with van der Waals surface area (Å²) in [6.07, 6.45) is -6.86. The first-order chi connectivity index (χ1) is 25.0. The Morgan fingerprint density at radius 3 is 2.26 bits per heavy atom. The summed E-state index contributed by atoms with van der Waals surface area (Å²) in [5, 5.41) is 26.2. The number of phosphoric ester groups is 3. The van der Waals surface area contributed by atoms with Crippen LogP contribution in [0, 0.1) is 11.3 Å². The van der Waals surface area contributed by atoms with Crippen molar-refractivity contribution in [1.29, 1.82) is 0 Å². The van der Waals surface area contributed by atoms with Crippen molar-refractivity contribution in [1.82, 2.24) is 30.2 Å². The number of aliphatic hydroxyl groups is 2. The summed E-state index contributed by atoms with van der Waals surface area (Å²) >= 11 is 1.09. The maximum atomic E-state index is 12.5. The van der Waals surface area contributed by atoms with Crippen molar-refractivity contribution in [3.05, 3.63) is 12.7 Å². The van der Waals surface area contributed by atoms with Crippen LogP contribution in [0.4, 0.5) is 5.82 Å². The van der Waals surface area contributed by atoms with E-state index >= 15 is 0 Å². The fraction of sp³-hybridized carbons (Fsp3) is 0.692. The molecule has 32 heteroatoms. The minimum atomic E-state index is -5.91. The van der Waals surface area contributed by atoms with Gasteiger partial charge in [-0.05, 0) is 6.42 Å². The van der Waals surface area contributed by atoms with Gasteiger partial charge in [0, 0.05) is 36.6 Å². The number of rotatable bonds is 21. The molecular formula is C26H40N7Na4O17P3S. The molecule has 306 valence electrons. The molecule has 0 aliphatic carbocycles. The normalized spacial score (nSPS) is 21.1. The molecule has 6 N–H and O–H groups in total. The van der Waals surface area contributed by atoms with Gasteiger partial charge in [-0.3, -0.25) is 28.1 Å². The third-order valence-electron chi connectivity index (χ3n) is 7.74. The van der Waals surface area contributed by atoms with Crippen LogP contribution >= 0.6 is 35.2 Å². The van der Waals surface area contributed by atoms with Crippen molar-refractivity contribution >= 4 is 69.1 Å². The van der Waals surface area contributed by atoms with E-state index in [-0.39, 0.29) is 166 Å². The number of aliphatic hydroxyl groups excluding tert-OH is 2. The van der Waals surface area contributed by atoms with Gasteiger partial charge < -0.3 is 69.0 Å². The molecule has 0 bridgehead atoms. The Morgan fingerprint density at radius 2 is 1.66 bits per heavy atom. The molecule has 2 amide bonds. The number of carbonyl (C=O) groups excluding carboxylic acids is 3. The smallest absolute Gasteiger partial charge is 0.790 e. The number of carbonyl (C=O) groups is 3. The summed E-state index contributed by atoms with van der Waals surface area (Å²) < 4.78 is 60.4. The number of ether oxygens (including phenoxy) is 1. The molecule has 0 radical (unpaired) electrons. The van der Waals surface area contributed by atoms with Crippen LogP contribution < -0.4 is 154 Å². The van der Waals surface area contributed by atoms with Gasteiger partial charge in [-0.15, -0.1) is 0 Å². The van der Waals surface area contributed by atoms with E-state index < -0.39 is 84.6 Å². The summed E-state index contributed by atoms with van der Waals surface area (Å²) in [4.78, 5) is 95.7. The molecular weight excluding hydrogens is 899 g/mol. The van der Waals surface area contributed by atoms with Crippen LogP contribution in [0.15, 0.2) is 12.7 Å². The number of nitrogens with zero attached hydrogens (tertiary/aromatic N) is 4. The molecule has 2 aromatic rings. The predicted molar refractivity (Wildman–Crippen MR) is 178 cm³/mol. The number of fused-ring (bicyclic) bond motifs is 1. The van der Waals surface area contributed by atoms with E-state index in [1.165, 1.54) is 13.8 Å². The molecule has 0 saturated carbocycles. The van der Waals surface area contributed by atoms with Crippen LogP contribution in [0.5, 0.6) is 0 Å². The Balaban J connectivity index is 0. The van der Waals surface area contributed by atoms with E-state index in [1.807, 2.05) is 6.92 Å². The summed E-state index contributed by atoms with van der Waals surface area (Å²) in [7, 11) is -17.6. The Bertz CT molecular complexity index is 1800. The molecule has 2 aromatic heterocycles. The van der Waals surface area contributed by atoms with Crippen LogP contribution in [0.1, 0.15) is 46.8 Å². The second kappa shape index (κ2) is 27.1. The Labute approximate surface area is 426 Å². The van der Waals surface area contributed by atoms with Crippen LogP contribution in [-0.4, -0.2) is 103 Å². The first-order valence-corrected chi connectivity index (χ1v) is 21.3. The van der Waals surface area contributed by atoms with Gasteiger partial charge in [0.1, 0.15) is 36.3 Å². The standard InChI is InChI=1S/C26H44N7O17P3S.4Na/c1-5-14(2)25(38)54-9-8-28-16(34)6-7-29-23(37)20(36)26(3,4)11-47-53(44,45)50-52(42,43)46-10-15-19(49-51(39,40)41)18(35)24(48-15)33-13-32-17-21(27)30-12-31-22(17)33;;;;/h12-15,18-20,24,35-36H,5-11H2,1-4H3,(H,28,34)(H,29,37)(H,42,43)(H,44,45)(H2,27,30,31)(H2,39,40,41);;;;/q;4*+1/p-4/t14-,15+,18+,19+,20-,24+;;;;/m0..../s1. The average molecular weight is 940 g/mol. The van der Waals surface area contributed by atoms with Crippen molar-refractivity contribution in [2.75, 3.05) is 37.8 Å². The fourth-order valence-electron chi connectivity index (χ4n) is 4.57. The monoisotopic (exact) mass is 939 g/mol. The molecule has 1 aliphatic heterocycles. The number of phosphoric acid groups is 3. The van der Waals surface area contributed by atoms with Crippen LogP contribution in [0.25, 0.3) is 11.2 Å². The van der Waals surface area contributed by atoms with E-state index in [0.717, 1.165) is 29.0 Å². The number of anilines is 1. The third kappa shape index (κ3) is 19.3. The molecule has 1 aliphatic rings. The zero-order valence-corrected chi connectivity index (χ0v) is 44.7. The van der Waals surface area contributed by atoms with Crippen LogP contribution in [0.2, 0.25) is 0 Å². The van der Waals surface area contributed by atoms with Crippen molar-refractivity contribution in [2.24, 2.45) is 11.3 Å². The van der Waals surface area contributed by atoms with E-state index in [4.69, 9.17) is 10.5 Å². The molecule has 1 fully saturated rings. The number of amides is 2. The maximum absolute atomic E-state index is 12.5. The van der Waals surface area contributed by atoms with Gasteiger partial charge in [-0.1, -0.05) is 39.5 Å². The first kappa shape index (κ1) is 61.6. The minimum absolute atomic E-state index is 0. The molecule has 24 nitrogen and oxygen atoms in total. The average Bonchev–Trinajstić information content (AvgIpc) is 3.64. The Kier molecular flexibility index (Phi) is 28.8. The van der Waals surface area contributed by atoms with Crippen LogP contribution in [-0.2, 0) is 50.7 Å². The molecule has 1 saturated heterocycles. The van der Waals surface area contributed by atoms with Crippen LogP contribution in [0.3, 0.4) is 0 Å². The Hall–Kier alpha value is 1.56. The van der Waals surface area contributed by atoms with E-state index in [2.05, 4.69) is 43.5 Å². The largest absolute Gasteiger partial charge is 1.00 e. The number of imidazole rings is 1. The zero-order chi connectivity index (χ0) is 40.6. The summed E-state index contributed by atoms with van der Waals surface area (Å²) in [5.41, 5.74) is 4.07. The minimum Gasteiger partial charge on any atom is -0.790 e. The van der Waals surface area contributed by atoms with E-state index in [9.17, 15) is 57.9 Å². The summed E-state index contributed by atoms with van der Waals surface area (Å²) in [6.45, 7) is 3.81. The van der Waals surface area contributed by atoms with E-state index in [0.29, 0.717) is 12.2 Å². The van der Waals surface area contributed by atoms with Crippen molar-refractivity contribution in [3.8, 4) is 0 Å². The maximum Gasteiger partial charge on any atom is 1.00 e. The molecule has 8 atom stereocenters. The zero-order valence-electron chi connectivity index (χ0n) is 33.2. The Morgan fingerprint density at radius 1 is 1.03 bits per heavy atom. The van der Waals surface area contributed by atoms with Crippen molar-refractivity contribution < 1.29 is 199 Å². The van der Waals surface area contributed by atoms with E-state index in [1.54, 1.807) is 6.92 Å². The third-order valence-corrected chi connectivity index (χ3v) is 11.8. The molecule has 3 rings (SSSR count). The second-order valence-electron chi connectivity index (χ2n) is 12.5. The number of nitrogen functional groups attached to an aromatic ring is 1. The number of nitrogens with one attached hydrogen (secondary N) is 2. The van der Waals surface area contributed by atoms with Gasteiger partial charge in [0.2, 0.25) is 11.8 Å². The number of thioether (sulfide) groups is 1. The second-order valence-corrected chi connectivity index (χ2v) is 17.6. The number of aromatic nitrogens is 4. The number of hydrogen-bond donors (Lipinski definition) is 5. The van der Waals surface area contributed by atoms with Gasteiger partial charge in [0.05, 0.1) is 27.4 Å². The molecule has 2 unspecified atom stereocenters. The topological polar surface area (TPSA) is 375 Å². The predicted octanol–water partition coefficient (Wildman–Crippen LogP) is -14.8. The number of nitrogens with two attached hydrogens (primary N) is 1. The summed E-state index contributed by atoms with van der Waals surface area (Å²) in [6, 6.07) is 0. The van der Waals surface area contributed by atoms with Crippen molar-refractivity contribution in [2.45, 2.75) is 71.2 Å². The molecule has 58 heavy (non-hydrogen) atoms. The molecule has 0 aromatic carbocycles. The van der Waals surface area contributed by atoms with Gasteiger partial charge in [-0.2, -0.15) is 0 Å². The van der Waals surface area contributed by atoms with Gasteiger partial charge >= 0.3 is 118 Å². The number of hydrogen-bond acceptors (Lipinski definition) is 22. The van der Waals surface area contributed by atoms with Crippen molar-refractivity contribution in [3.63, 3.8) is 0 Å². The van der Waals surface area contributed by atoms with Gasteiger partial charge in [0.15, 0.2) is 22.8 Å². The quantitative estimate of drug-likeness (QED) is 0.0441. The SMILES string of the molecule is CC[C@H](C)C(=O)SCCNC(=O)CCNC(=O)[C@H](O)C(C)(C)COP(=O)([O-])OP(=O)([O-])OC[C@H]1O[C@@H](n2cnc3c(N)ncnc32)[C@H](O)[C@@H]1OP(=O)([O-])[O-].[Na+].[Na+].[Na+].[Na+]. The van der Waals surface area contributed by atoms with Gasteiger partial charge in [-0.25, -0.2) is 19.3 Å². The fourth-order valence-corrected chi connectivity index (χ4v) is 8.16. The summed E-state index contributed by atoms with van der Waals surface area (Å²) in [5.74, 6) is -1.28. The first-order valence-electron chi connectivity index (χ1n) is 16.0. The molecule has 0 spiro atoms. The van der Waals surface area contributed by atoms with Gasteiger partial charge in [0.25, 0.3) is 15.6 Å².